The van der Waals surface area contributed by atoms with Crippen LogP contribution in [0.15, 0.2) is 36.4 Å². The molecule has 5 atom stereocenters. The SMILES string of the molecule is CCC[C@H]1[C@H]2CC=C[C@H]2c2cc(C(=O)[O-])cc3c2N1C[C@@H]1CC=C[C@H]31. The number of carbonyl (C=O) groups excluding carboxylic acids is 1. The van der Waals surface area contributed by atoms with Gasteiger partial charge in [0.1, 0.15) is 0 Å². The lowest BCUT2D eigenvalue weighted by Gasteiger charge is -2.51. The minimum Gasteiger partial charge on any atom is -0.545 e. The second-order valence-corrected chi connectivity index (χ2v) is 8.10. The fourth-order valence-corrected chi connectivity index (χ4v) is 5.83. The first kappa shape index (κ1) is 15.2. The lowest BCUT2D eigenvalue weighted by molar-refractivity contribution is -0.255. The van der Waals surface area contributed by atoms with E-state index >= 15 is 0 Å². The molecule has 0 amide bonds. The number of carbonyl (C=O) groups is 1. The summed E-state index contributed by atoms with van der Waals surface area (Å²) in [6.07, 6.45) is 13.8. The summed E-state index contributed by atoms with van der Waals surface area (Å²) < 4.78 is 0. The van der Waals surface area contributed by atoms with Crippen molar-refractivity contribution in [2.75, 3.05) is 11.4 Å². The molecule has 0 spiro atoms. The van der Waals surface area contributed by atoms with Crippen LogP contribution in [0.4, 0.5) is 5.69 Å². The normalized spacial score (nSPS) is 34.0. The maximum absolute atomic E-state index is 11.6. The summed E-state index contributed by atoms with van der Waals surface area (Å²) in [5.74, 6) is 0.853. The molecule has 2 aliphatic heterocycles. The Labute approximate surface area is 149 Å². The molecule has 0 bridgehead atoms. The predicted molar refractivity (Wildman–Crippen MR) is 96.8 cm³/mol. The monoisotopic (exact) mass is 334 g/mol. The molecular weight excluding hydrogens is 310 g/mol. The highest BCUT2D eigenvalue weighted by molar-refractivity contribution is 5.88. The predicted octanol–water partition coefficient (Wildman–Crippen LogP) is 3.37. The molecule has 25 heavy (non-hydrogen) atoms. The van der Waals surface area contributed by atoms with Crippen LogP contribution >= 0.6 is 0 Å². The first-order valence-electron chi connectivity index (χ1n) is 9.68. The smallest absolute Gasteiger partial charge is 0.0715 e. The number of aromatic carboxylic acids is 1. The Morgan fingerprint density at radius 1 is 1.16 bits per heavy atom. The van der Waals surface area contributed by atoms with Crippen molar-refractivity contribution in [1.29, 1.82) is 0 Å². The average Bonchev–Trinajstić information content (AvgIpc) is 3.26. The quantitative estimate of drug-likeness (QED) is 0.796. The number of benzene rings is 1. The van der Waals surface area contributed by atoms with E-state index in [-0.39, 0.29) is 0 Å². The average molecular weight is 334 g/mol. The van der Waals surface area contributed by atoms with Crippen molar-refractivity contribution < 1.29 is 9.90 Å². The van der Waals surface area contributed by atoms with Gasteiger partial charge in [0.25, 0.3) is 0 Å². The number of anilines is 1. The van der Waals surface area contributed by atoms with E-state index in [2.05, 4.69) is 36.1 Å². The third-order valence-electron chi connectivity index (χ3n) is 6.82. The summed E-state index contributed by atoms with van der Waals surface area (Å²) >= 11 is 0. The molecule has 4 aliphatic rings. The molecular formula is C22H24NO2-. The van der Waals surface area contributed by atoms with Crippen molar-refractivity contribution in [1.82, 2.24) is 0 Å². The fourth-order valence-electron chi connectivity index (χ4n) is 5.83. The van der Waals surface area contributed by atoms with Crippen molar-refractivity contribution >= 4 is 11.7 Å². The number of rotatable bonds is 3. The van der Waals surface area contributed by atoms with Gasteiger partial charge in [-0.25, -0.2) is 0 Å². The van der Waals surface area contributed by atoms with Crippen LogP contribution in [0.2, 0.25) is 0 Å². The lowest BCUT2D eigenvalue weighted by atomic mass is 9.71. The minimum absolute atomic E-state index is 0.350. The lowest BCUT2D eigenvalue weighted by Crippen LogP contribution is -2.51. The zero-order valence-electron chi connectivity index (χ0n) is 14.7. The molecule has 0 aromatic heterocycles. The van der Waals surface area contributed by atoms with Crippen molar-refractivity contribution in [2.24, 2.45) is 11.8 Å². The van der Waals surface area contributed by atoms with E-state index in [1.165, 1.54) is 29.7 Å². The van der Waals surface area contributed by atoms with E-state index in [4.69, 9.17) is 0 Å². The zero-order valence-corrected chi connectivity index (χ0v) is 14.7. The molecule has 0 fully saturated rings. The van der Waals surface area contributed by atoms with Crippen molar-refractivity contribution in [3.63, 3.8) is 0 Å². The highest BCUT2D eigenvalue weighted by atomic mass is 16.4. The Morgan fingerprint density at radius 3 is 2.64 bits per heavy atom. The largest absolute Gasteiger partial charge is 0.545 e. The molecule has 2 heterocycles. The Kier molecular flexibility index (Phi) is 3.34. The van der Waals surface area contributed by atoms with Gasteiger partial charge in [0.2, 0.25) is 0 Å². The maximum Gasteiger partial charge on any atom is 0.0715 e. The molecule has 0 unspecified atom stereocenters. The summed E-state index contributed by atoms with van der Waals surface area (Å²) in [6, 6.07) is 4.37. The summed E-state index contributed by atoms with van der Waals surface area (Å²) in [5.41, 5.74) is 4.13. The van der Waals surface area contributed by atoms with Crippen molar-refractivity contribution in [3.05, 3.63) is 53.1 Å². The topological polar surface area (TPSA) is 43.4 Å². The highest BCUT2D eigenvalue weighted by Crippen LogP contribution is 2.55. The zero-order chi connectivity index (χ0) is 17.1. The molecule has 5 rings (SSSR count). The molecule has 3 heteroatoms. The molecule has 0 saturated carbocycles. The number of hydrogen-bond acceptors (Lipinski definition) is 3. The van der Waals surface area contributed by atoms with Gasteiger partial charge in [0.05, 0.1) is 5.97 Å². The minimum atomic E-state index is -1.05. The number of fused-ring (bicyclic) bond motifs is 4. The Balaban J connectivity index is 1.74. The van der Waals surface area contributed by atoms with E-state index in [0.717, 1.165) is 19.4 Å². The molecule has 130 valence electrons. The second kappa shape index (κ2) is 5.48. The van der Waals surface area contributed by atoms with Crippen LogP contribution < -0.4 is 10.0 Å². The number of nitrogens with zero attached hydrogens (tertiary/aromatic N) is 1. The van der Waals surface area contributed by atoms with Crippen LogP contribution in [0.5, 0.6) is 0 Å². The van der Waals surface area contributed by atoms with Crippen molar-refractivity contribution in [3.8, 4) is 0 Å². The summed E-state index contributed by atoms with van der Waals surface area (Å²) in [4.78, 5) is 14.3. The fraction of sp³-hybridized carbons (Fsp3) is 0.500. The first-order chi connectivity index (χ1) is 12.2. The number of carboxylic acid groups (broad SMARTS) is 1. The van der Waals surface area contributed by atoms with Crippen LogP contribution in [-0.4, -0.2) is 18.6 Å². The van der Waals surface area contributed by atoms with Crippen LogP contribution in [-0.2, 0) is 0 Å². The summed E-state index contributed by atoms with van der Waals surface area (Å²) in [6.45, 7) is 3.38. The summed E-state index contributed by atoms with van der Waals surface area (Å²) in [7, 11) is 0. The summed E-state index contributed by atoms with van der Waals surface area (Å²) in [5, 5.41) is 11.6. The van der Waals surface area contributed by atoms with Gasteiger partial charge in [-0.05, 0) is 59.9 Å². The van der Waals surface area contributed by atoms with Crippen LogP contribution in [0.1, 0.15) is 65.9 Å². The highest BCUT2D eigenvalue weighted by Gasteiger charge is 2.46. The van der Waals surface area contributed by atoms with E-state index in [0.29, 0.717) is 35.3 Å². The van der Waals surface area contributed by atoms with Crippen LogP contribution in [0, 0.1) is 11.8 Å². The van der Waals surface area contributed by atoms with Gasteiger partial charge in [0.15, 0.2) is 0 Å². The molecule has 2 aliphatic carbocycles. The second-order valence-electron chi connectivity index (χ2n) is 8.10. The molecule has 0 radical (unpaired) electrons. The first-order valence-corrected chi connectivity index (χ1v) is 9.68. The standard InChI is InChI=1S/C22H25NO2/c1-2-5-20-17-9-4-8-16(17)19-11-14(22(24)25)10-18-15-7-3-6-13(15)12-23(20)21(18)19/h3-4,7-8,10-11,13,15-17,20H,2,5-6,9,12H2,1H3,(H,24,25)/p-1/t13-,15-,16+,17-,20-/m0/s1. The van der Waals surface area contributed by atoms with Gasteiger partial charge in [-0.3, -0.25) is 0 Å². The third-order valence-corrected chi connectivity index (χ3v) is 6.82. The molecule has 3 nitrogen and oxygen atoms in total. The van der Waals surface area contributed by atoms with E-state index in [1.807, 2.05) is 12.1 Å². The van der Waals surface area contributed by atoms with Crippen LogP contribution in [0.25, 0.3) is 0 Å². The molecule has 1 aromatic carbocycles. The van der Waals surface area contributed by atoms with Gasteiger partial charge in [-0.1, -0.05) is 37.6 Å². The van der Waals surface area contributed by atoms with E-state index < -0.39 is 5.97 Å². The Bertz CT molecular complexity index is 776. The number of hydrogen-bond donors (Lipinski definition) is 0. The van der Waals surface area contributed by atoms with E-state index in [1.54, 1.807) is 0 Å². The molecule has 0 N–H and O–H groups in total. The molecule has 0 saturated heterocycles. The van der Waals surface area contributed by atoms with Crippen LogP contribution in [0.3, 0.4) is 0 Å². The number of carboxylic acids is 1. The third kappa shape index (κ3) is 2.08. The molecule has 1 aromatic rings. The van der Waals surface area contributed by atoms with Gasteiger partial charge < -0.3 is 14.8 Å². The van der Waals surface area contributed by atoms with Crippen molar-refractivity contribution in [2.45, 2.75) is 50.5 Å². The number of allylic oxidation sites excluding steroid dienone is 4. The van der Waals surface area contributed by atoms with Gasteiger partial charge >= 0.3 is 0 Å². The van der Waals surface area contributed by atoms with Gasteiger partial charge in [-0.2, -0.15) is 0 Å². The van der Waals surface area contributed by atoms with Gasteiger partial charge in [0, 0.05) is 30.1 Å². The Morgan fingerprint density at radius 2 is 1.88 bits per heavy atom. The van der Waals surface area contributed by atoms with E-state index in [9.17, 15) is 9.90 Å². The maximum atomic E-state index is 11.6. The Hall–Kier alpha value is -2.03. The van der Waals surface area contributed by atoms with Gasteiger partial charge in [-0.15, -0.1) is 0 Å².